The van der Waals surface area contributed by atoms with Crippen LogP contribution in [0.25, 0.3) is 0 Å². The van der Waals surface area contributed by atoms with E-state index >= 15 is 0 Å². The first-order chi connectivity index (χ1) is 10.2. The zero-order chi connectivity index (χ0) is 14.8. The van der Waals surface area contributed by atoms with Crippen molar-refractivity contribution < 1.29 is 19.0 Å². The van der Waals surface area contributed by atoms with Crippen LogP contribution in [0.3, 0.4) is 0 Å². The molecule has 0 amide bonds. The number of carbonyl (C=O) groups is 1. The maximum Gasteiger partial charge on any atom is 0.323 e. The van der Waals surface area contributed by atoms with Crippen molar-refractivity contribution >= 4 is 17.6 Å². The smallest absolute Gasteiger partial charge is 0.323 e. The number of esters is 1. The number of methoxy groups -OCH3 is 1. The van der Waals surface area contributed by atoms with Crippen molar-refractivity contribution in [2.45, 2.75) is 25.4 Å². The van der Waals surface area contributed by atoms with Crippen LogP contribution in [0.4, 0.5) is 0 Å². The fraction of sp³-hybridized carbons (Fsp3) is 0.533. The number of ether oxygens (including phenoxy) is 3. The molecular weight excluding hydrogens is 294 g/mol. The molecule has 2 heterocycles. The Hall–Kier alpha value is -1.46. The lowest BCUT2D eigenvalue weighted by molar-refractivity contribution is -0.146. The Bertz CT molecular complexity index is 549. The summed E-state index contributed by atoms with van der Waals surface area (Å²) in [4.78, 5) is 13.9. The fourth-order valence-electron chi connectivity index (χ4n) is 2.91. The van der Waals surface area contributed by atoms with Crippen molar-refractivity contribution in [3.63, 3.8) is 0 Å². The Morgan fingerprint density at radius 3 is 3.05 bits per heavy atom. The Balaban J connectivity index is 1.78. The molecule has 0 saturated carbocycles. The van der Waals surface area contributed by atoms with Gasteiger partial charge in [-0.3, -0.25) is 9.69 Å². The molecule has 0 aliphatic carbocycles. The van der Waals surface area contributed by atoms with Crippen molar-refractivity contribution in [3.8, 4) is 11.5 Å². The summed E-state index contributed by atoms with van der Waals surface area (Å²) in [5, 5.41) is 0.552. The first-order valence-corrected chi connectivity index (χ1v) is 7.46. The Kier molecular flexibility index (Phi) is 4.22. The van der Waals surface area contributed by atoms with Gasteiger partial charge in [-0.05, 0) is 37.1 Å². The zero-order valence-electron chi connectivity index (χ0n) is 11.9. The zero-order valence-corrected chi connectivity index (χ0v) is 12.7. The van der Waals surface area contributed by atoms with Gasteiger partial charge in [-0.1, -0.05) is 11.6 Å². The van der Waals surface area contributed by atoms with E-state index in [4.69, 9.17) is 25.8 Å². The molecule has 0 aromatic heterocycles. The van der Waals surface area contributed by atoms with Crippen LogP contribution < -0.4 is 9.47 Å². The quantitative estimate of drug-likeness (QED) is 0.801. The molecule has 0 radical (unpaired) electrons. The van der Waals surface area contributed by atoms with Gasteiger partial charge in [0.15, 0.2) is 11.5 Å². The highest BCUT2D eigenvalue weighted by Gasteiger charge is 2.31. The third-order valence-electron chi connectivity index (χ3n) is 3.88. The summed E-state index contributed by atoms with van der Waals surface area (Å²) in [6.45, 7) is 2.58. The summed E-state index contributed by atoms with van der Waals surface area (Å²) in [6, 6.07) is 3.65. The van der Waals surface area contributed by atoms with Crippen molar-refractivity contribution in [1.82, 2.24) is 4.90 Å². The molecule has 1 unspecified atom stereocenters. The number of halogens is 1. The van der Waals surface area contributed by atoms with Gasteiger partial charge in [0.05, 0.1) is 12.1 Å². The lowest BCUT2D eigenvalue weighted by atomic mass is 10.1. The first kappa shape index (κ1) is 14.5. The van der Waals surface area contributed by atoms with Gasteiger partial charge in [0.2, 0.25) is 0 Å². The fourth-order valence-corrected chi connectivity index (χ4v) is 3.20. The van der Waals surface area contributed by atoms with Gasteiger partial charge < -0.3 is 14.2 Å². The third-order valence-corrected chi connectivity index (χ3v) is 4.16. The minimum atomic E-state index is -0.170. The normalized spacial score (nSPS) is 21.3. The second kappa shape index (κ2) is 6.12. The number of fused-ring (bicyclic) bond motifs is 1. The number of hydrogen-bond donors (Lipinski definition) is 0. The van der Waals surface area contributed by atoms with Crippen LogP contribution in [0.2, 0.25) is 5.02 Å². The van der Waals surface area contributed by atoms with E-state index in [1.54, 1.807) is 0 Å². The molecule has 0 spiro atoms. The summed E-state index contributed by atoms with van der Waals surface area (Å²) >= 11 is 6.24. The molecule has 1 aromatic rings. The largest absolute Gasteiger partial charge is 0.486 e. The molecule has 1 saturated heterocycles. The van der Waals surface area contributed by atoms with Crippen LogP contribution in [0.5, 0.6) is 11.5 Å². The van der Waals surface area contributed by atoms with E-state index < -0.39 is 0 Å². The van der Waals surface area contributed by atoms with Crippen molar-refractivity contribution in [2.75, 3.05) is 26.9 Å². The summed E-state index contributed by atoms with van der Waals surface area (Å²) in [6.07, 6.45) is 1.84. The highest BCUT2D eigenvalue weighted by Crippen LogP contribution is 2.39. The van der Waals surface area contributed by atoms with Gasteiger partial charge >= 0.3 is 5.97 Å². The van der Waals surface area contributed by atoms with Crippen LogP contribution in [0.1, 0.15) is 18.4 Å². The van der Waals surface area contributed by atoms with Crippen LogP contribution in [0, 0.1) is 0 Å². The standard InChI is InChI=1S/C15H18ClNO4/c1-19-15(18)12-3-2-4-17(12)9-10-7-11(16)14-13(8-10)20-5-6-21-14/h7-8,12H,2-6,9H2,1H3. The molecule has 2 aliphatic rings. The Morgan fingerprint density at radius 1 is 1.43 bits per heavy atom. The van der Waals surface area contributed by atoms with Gasteiger partial charge in [-0.25, -0.2) is 0 Å². The summed E-state index contributed by atoms with van der Waals surface area (Å²) in [5.74, 6) is 1.12. The minimum Gasteiger partial charge on any atom is -0.486 e. The monoisotopic (exact) mass is 311 g/mol. The lowest BCUT2D eigenvalue weighted by Gasteiger charge is -2.24. The molecule has 5 nitrogen and oxygen atoms in total. The highest BCUT2D eigenvalue weighted by molar-refractivity contribution is 6.32. The molecule has 3 rings (SSSR count). The average Bonchev–Trinajstić information content (AvgIpc) is 2.94. The maximum atomic E-state index is 11.8. The molecule has 1 aromatic carbocycles. The van der Waals surface area contributed by atoms with E-state index in [9.17, 15) is 4.79 Å². The van der Waals surface area contributed by atoms with Crippen LogP contribution in [0.15, 0.2) is 12.1 Å². The van der Waals surface area contributed by atoms with E-state index in [0.29, 0.717) is 36.3 Å². The molecular formula is C15H18ClNO4. The van der Waals surface area contributed by atoms with Gasteiger partial charge in [-0.2, -0.15) is 0 Å². The Morgan fingerprint density at radius 2 is 2.24 bits per heavy atom. The molecule has 114 valence electrons. The molecule has 6 heteroatoms. The van der Waals surface area contributed by atoms with E-state index in [2.05, 4.69) is 4.90 Å². The summed E-state index contributed by atoms with van der Waals surface area (Å²) in [5.41, 5.74) is 1.01. The first-order valence-electron chi connectivity index (χ1n) is 7.09. The summed E-state index contributed by atoms with van der Waals surface area (Å²) < 4.78 is 16.0. The van der Waals surface area contributed by atoms with E-state index in [1.807, 2.05) is 12.1 Å². The van der Waals surface area contributed by atoms with Crippen molar-refractivity contribution in [3.05, 3.63) is 22.7 Å². The van der Waals surface area contributed by atoms with Gasteiger partial charge in [0.1, 0.15) is 19.3 Å². The molecule has 0 bridgehead atoms. The number of carbonyl (C=O) groups excluding carboxylic acids is 1. The third kappa shape index (κ3) is 2.94. The van der Waals surface area contributed by atoms with Crippen LogP contribution in [-0.4, -0.2) is 43.8 Å². The highest BCUT2D eigenvalue weighted by atomic mass is 35.5. The van der Waals surface area contributed by atoms with Crippen molar-refractivity contribution in [2.24, 2.45) is 0 Å². The lowest BCUT2D eigenvalue weighted by Crippen LogP contribution is -2.36. The molecule has 1 atom stereocenters. The second-order valence-electron chi connectivity index (χ2n) is 5.25. The van der Waals surface area contributed by atoms with Crippen LogP contribution >= 0.6 is 11.6 Å². The minimum absolute atomic E-state index is 0.165. The van der Waals surface area contributed by atoms with E-state index in [1.165, 1.54) is 7.11 Å². The topological polar surface area (TPSA) is 48.0 Å². The van der Waals surface area contributed by atoms with E-state index in [0.717, 1.165) is 24.9 Å². The molecule has 0 N–H and O–H groups in total. The Labute approximate surface area is 128 Å². The number of hydrogen-bond acceptors (Lipinski definition) is 5. The number of benzene rings is 1. The van der Waals surface area contributed by atoms with Crippen LogP contribution in [-0.2, 0) is 16.1 Å². The second-order valence-corrected chi connectivity index (χ2v) is 5.66. The SMILES string of the molecule is COC(=O)C1CCCN1Cc1cc(Cl)c2c(c1)OCCO2. The number of nitrogens with zero attached hydrogens (tertiary/aromatic N) is 1. The predicted octanol–water partition coefficient (Wildman–Crippen LogP) is 2.25. The van der Waals surface area contributed by atoms with Crippen molar-refractivity contribution in [1.29, 1.82) is 0 Å². The number of rotatable bonds is 3. The van der Waals surface area contributed by atoms with E-state index in [-0.39, 0.29) is 12.0 Å². The van der Waals surface area contributed by atoms with Gasteiger partial charge in [0, 0.05) is 6.54 Å². The number of likely N-dealkylation sites (tertiary alicyclic amines) is 1. The predicted molar refractivity (Wildman–Crippen MR) is 77.9 cm³/mol. The average molecular weight is 312 g/mol. The maximum absolute atomic E-state index is 11.8. The summed E-state index contributed by atoms with van der Waals surface area (Å²) in [7, 11) is 1.43. The van der Waals surface area contributed by atoms with Gasteiger partial charge in [0.25, 0.3) is 0 Å². The molecule has 21 heavy (non-hydrogen) atoms. The van der Waals surface area contributed by atoms with Gasteiger partial charge in [-0.15, -0.1) is 0 Å². The molecule has 2 aliphatic heterocycles. The molecule has 1 fully saturated rings.